The summed E-state index contributed by atoms with van der Waals surface area (Å²) in [7, 11) is 0. The summed E-state index contributed by atoms with van der Waals surface area (Å²) in [5, 5.41) is 5.45. The van der Waals surface area contributed by atoms with Gasteiger partial charge in [-0.3, -0.25) is 0 Å². The first-order valence-corrected chi connectivity index (χ1v) is 8.19. The second-order valence-corrected chi connectivity index (χ2v) is 6.26. The lowest BCUT2D eigenvalue weighted by Crippen LogP contribution is -2.42. The second-order valence-electron chi connectivity index (χ2n) is 6.26. The zero-order valence-corrected chi connectivity index (χ0v) is 13.4. The van der Waals surface area contributed by atoms with Crippen LogP contribution >= 0.6 is 0 Å². The van der Waals surface area contributed by atoms with Gasteiger partial charge in [-0.2, -0.15) is 0 Å². The summed E-state index contributed by atoms with van der Waals surface area (Å²) in [5.41, 5.74) is 0.424. The molecule has 1 aliphatic carbocycles. The Kier molecular flexibility index (Phi) is 5.21. The number of carbonyl (C=O) groups is 1. The van der Waals surface area contributed by atoms with Crippen molar-refractivity contribution in [2.75, 3.05) is 25.1 Å². The fourth-order valence-corrected chi connectivity index (χ4v) is 2.62. The van der Waals surface area contributed by atoms with E-state index < -0.39 is 17.9 Å². The predicted molar refractivity (Wildman–Crippen MR) is 88.3 cm³/mol. The lowest BCUT2D eigenvalue weighted by molar-refractivity contribution is 0.181. The van der Waals surface area contributed by atoms with E-state index in [1.807, 2.05) is 0 Å². The molecule has 2 unspecified atom stereocenters. The molecule has 3 rings (SSSR count). The third-order valence-electron chi connectivity index (χ3n) is 4.27. The summed E-state index contributed by atoms with van der Waals surface area (Å²) < 4.78 is 24.4. The smallest absolute Gasteiger partial charge is 0.320 e. The van der Waals surface area contributed by atoms with Crippen molar-refractivity contribution < 1.29 is 18.7 Å². The van der Waals surface area contributed by atoms with Gasteiger partial charge in [-0.1, -0.05) is 5.92 Å². The van der Waals surface area contributed by atoms with Crippen LogP contribution in [0.25, 0.3) is 0 Å². The molecule has 0 spiro atoms. The molecule has 5 nitrogen and oxygen atoms in total. The number of hydrogen-bond acceptors (Lipinski definition) is 3. The van der Waals surface area contributed by atoms with Crippen LogP contribution in [0.15, 0.2) is 18.2 Å². The number of anilines is 1. The van der Waals surface area contributed by atoms with E-state index in [4.69, 9.17) is 15.9 Å². The van der Waals surface area contributed by atoms with Gasteiger partial charge in [-0.05, 0) is 37.3 Å². The molecule has 6 heteroatoms. The number of benzene rings is 1. The summed E-state index contributed by atoms with van der Waals surface area (Å²) in [6, 6.07) is 3.21. The molecule has 1 saturated carbocycles. The number of halogens is 1. The van der Waals surface area contributed by atoms with Gasteiger partial charge in [0.25, 0.3) is 0 Å². The van der Waals surface area contributed by atoms with Crippen LogP contribution in [0.1, 0.15) is 19.3 Å². The van der Waals surface area contributed by atoms with Crippen LogP contribution in [0, 0.1) is 30.0 Å². The molecule has 1 aromatic rings. The van der Waals surface area contributed by atoms with Crippen LogP contribution in [0.5, 0.6) is 5.75 Å². The average molecular weight is 332 g/mol. The highest BCUT2D eigenvalue weighted by Gasteiger charge is 2.26. The number of ether oxygens (including phenoxy) is 2. The SMILES string of the molecule is C#CC(NC(=O)Nc1ccc(F)cc1OCC1CC1)C1CCOC1. The molecule has 1 aliphatic heterocycles. The maximum Gasteiger partial charge on any atom is 0.320 e. The zero-order valence-electron chi connectivity index (χ0n) is 13.4. The summed E-state index contributed by atoms with van der Waals surface area (Å²) in [6.07, 6.45) is 8.59. The van der Waals surface area contributed by atoms with Crippen LogP contribution < -0.4 is 15.4 Å². The van der Waals surface area contributed by atoms with E-state index in [0.29, 0.717) is 37.2 Å². The molecule has 1 heterocycles. The quantitative estimate of drug-likeness (QED) is 0.788. The van der Waals surface area contributed by atoms with Crippen molar-refractivity contribution >= 4 is 11.7 Å². The number of rotatable bonds is 6. The summed E-state index contributed by atoms with van der Waals surface area (Å²) in [4.78, 5) is 12.2. The molecular weight excluding hydrogens is 311 g/mol. The van der Waals surface area contributed by atoms with Crippen LogP contribution in [-0.4, -0.2) is 31.9 Å². The van der Waals surface area contributed by atoms with Crippen molar-refractivity contribution in [2.45, 2.75) is 25.3 Å². The van der Waals surface area contributed by atoms with Gasteiger partial charge < -0.3 is 20.1 Å². The predicted octanol–water partition coefficient (Wildman–Crippen LogP) is 2.77. The first-order chi connectivity index (χ1) is 11.7. The lowest BCUT2D eigenvalue weighted by atomic mass is 10.00. The maximum atomic E-state index is 13.4. The van der Waals surface area contributed by atoms with Gasteiger partial charge in [0.1, 0.15) is 11.6 Å². The minimum Gasteiger partial charge on any atom is -0.491 e. The van der Waals surface area contributed by atoms with Gasteiger partial charge in [0.15, 0.2) is 0 Å². The Labute approximate surface area is 140 Å². The molecule has 0 bridgehead atoms. The highest BCUT2D eigenvalue weighted by molar-refractivity contribution is 5.91. The monoisotopic (exact) mass is 332 g/mol. The van der Waals surface area contributed by atoms with Gasteiger partial charge in [0, 0.05) is 18.6 Å². The second kappa shape index (κ2) is 7.54. The number of amides is 2. The first-order valence-electron chi connectivity index (χ1n) is 8.19. The lowest BCUT2D eigenvalue weighted by Gasteiger charge is -2.19. The number of terminal acetylenes is 1. The maximum absolute atomic E-state index is 13.4. The zero-order chi connectivity index (χ0) is 16.9. The molecule has 2 N–H and O–H groups in total. The van der Waals surface area contributed by atoms with E-state index in [2.05, 4.69) is 16.6 Å². The normalized spacial score (nSPS) is 20.9. The van der Waals surface area contributed by atoms with Gasteiger partial charge in [-0.15, -0.1) is 6.42 Å². The Hall–Kier alpha value is -2.26. The standard InChI is InChI=1S/C18H21FN2O3/c1-2-15(13-7-8-23-11-13)20-18(22)21-16-6-5-14(19)9-17(16)24-10-12-3-4-12/h1,5-6,9,12-13,15H,3-4,7-8,10-11H2,(H2,20,21,22). The molecule has 2 aliphatic rings. The fourth-order valence-electron chi connectivity index (χ4n) is 2.62. The van der Waals surface area contributed by atoms with Crippen molar-refractivity contribution in [3.8, 4) is 18.1 Å². The molecule has 2 amide bonds. The number of hydrogen-bond donors (Lipinski definition) is 2. The minimum absolute atomic E-state index is 0.111. The van der Waals surface area contributed by atoms with E-state index >= 15 is 0 Å². The van der Waals surface area contributed by atoms with E-state index in [1.54, 1.807) is 0 Å². The Morgan fingerprint density at radius 1 is 1.46 bits per heavy atom. The minimum atomic E-state index is -0.437. The molecule has 1 aromatic carbocycles. The van der Waals surface area contributed by atoms with Gasteiger partial charge in [-0.25, -0.2) is 9.18 Å². The van der Waals surface area contributed by atoms with Crippen LogP contribution in [0.3, 0.4) is 0 Å². The molecule has 1 saturated heterocycles. The van der Waals surface area contributed by atoms with E-state index in [0.717, 1.165) is 19.3 Å². The Morgan fingerprint density at radius 3 is 2.96 bits per heavy atom. The summed E-state index contributed by atoms with van der Waals surface area (Å²) >= 11 is 0. The third kappa shape index (κ3) is 4.39. The average Bonchev–Trinajstić information content (AvgIpc) is 3.24. The van der Waals surface area contributed by atoms with Crippen molar-refractivity contribution in [3.05, 3.63) is 24.0 Å². The van der Waals surface area contributed by atoms with E-state index in [9.17, 15) is 9.18 Å². The van der Waals surface area contributed by atoms with Gasteiger partial charge in [0.05, 0.1) is 24.9 Å². The van der Waals surface area contributed by atoms with Gasteiger partial charge >= 0.3 is 6.03 Å². The molecule has 0 aromatic heterocycles. The van der Waals surface area contributed by atoms with Crippen LogP contribution in [-0.2, 0) is 4.74 Å². The molecule has 2 atom stereocenters. The van der Waals surface area contributed by atoms with Crippen molar-refractivity contribution in [2.24, 2.45) is 11.8 Å². The Bertz CT molecular complexity index is 634. The van der Waals surface area contributed by atoms with Gasteiger partial charge in [0.2, 0.25) is 0 Å². The Balaban J connectivity index is 1.61. The van der Waals surface area contributed by atoms with E-state index in [-0.39, 0.29) is 5.92 Å². The topological polar surface area (TPSA) is 59.6 Å². The molecule has 24 heavy (non-hydrogen) atoms. The van der Waals surface area contributed by atoms with Crippen LogP contribution in [0.4, 0.5) is 14.9 Å². The summed E-state index contributed by atoms with van der Waals surface area (Å²) in [5.74, 6) is 3.16. The molecular formula is C18H21FN2O3. The van der Waals surface area contributed by atoms with E-state index in [1.165, 1.54) is 18.2 Å². The van der Waals surface area contributed by atoms with Crippen molar-refractivity contribution in [1.82, 2.24) is 5.32 Å². The highest BCUT2D eigenvalue weighted by atomic mass is 19.1. The molecule has 0 radical (unpaired) electrons. The number of urea groups is 1. The van der Waals surface area contributed by atoms with Crippen molar-refractivity contribution in [1.29, 1.82) is 0 Å². The fraction of sp³-hybridized carbons (Fsp3) is 0.500. The first kappa shape index (κ1) is 16.6. The largest absolute Gasteiger partial charge is 0.491 e. The number of carbonyl (C=O) groups excluding carboxylic acids is 1. The molecule has 2 fully saturated rings. The Morgan fingerprint density at radius 2 is 2.29 bits per heavy atom. The highest BCUT2D eigenvalue weighted by Crippen LogP contribution is 2.32. The van der Waals surface area contributed by atoms with Crippen LogP contribution in [0.2, 0.25) is 0 Å². The van der Waals surface area contributed by atoms with Crippen molar-refractivity contribution in [3.63, 3.8) is 0 Å². The molecule has 128 valence electrons. The summed E-state index contributed by atoms with van der Waals surface area (Å²) in [6.45, 7) is 1.73. The number of nitrogens with one attached hydrogen (secondary N) is 2. The third-order valence-corrected chi connectivity index (χ3v) is 4.27.